The van der Waals surface area contributed by atoms with Crippen molar-refractivity contribution in [3.8, 4) is 11.5 Å². The van der Waals surface area contributed by atoms with Gasteiger partial charge in [-0.1, -0.05) is 42.5 Å². The summed E-state index contributed by atoms with van der Waals surface area (Å²) in [6.45, 7) is 1.13. The third kappa shape index (κ3) is 4.36. The van der Waals surface area contributed by atoms with Gasteiger partial charge in [-0.15, -0.1) is 0 Å². The fraction of sp³-hybridized carbons (Fsp3) is 0.111. The lowest BCUT2D eigenvalue weighted by Gasteiger charge is -2.09. The zero-order valence-corrected chi connectivity index (χ0v) is 18.1. The summed E-state index contributed by atoms with van der Waals surface area (Å²) in [6, 6.07) is 25.0. The highest BCUT2D eigenvalue weighted by molar-refractivity contribution is 6.13. The molecule has 0 amide bonds. The quantitative estimate of drug-likeness (QED) is 0.298. The molecule has 6 nitrogen and oxygen atoms in total. The molecule has 0 atom stereocenters. The summed E-state index contributed by atoms with van der Waals surface area (Å²) >= 11 is 0. The van der Waals surface area contributed by atoms with Crippen LogP contribution in [-0.2, 0) is 16.1 Å². The summed E-state index contributed by atoms with van der Waals surface area (Å²) in [5.74, 6) is 1.38. The highest BCUT2D eigenvalue weighted by Gasteiger charge is 2.24. The first kappa shape index (κ1) is 20.6. The topological polar surface area (TPSA) is 62.1 Å². The van der Waals surface area contributed by atoms with Gasteiger partial charge in [-0.2, -0.15) is 0 Å². The Morgan fingerprint density at radius 3 is 2.61 bits per heavy atom. The molecule has 164 valence electrons. The van der Waals surface area contributed by atoms with Gasteiger partial charge in [0.2, 0.25) is 5.90 Å². The van der Waals surface area contributed by atoms with Crippen LogP contribution in [0.15, 0.2) is 95.7 Å². The van der Waals surface area contributed by atoms with Crippen molar-refractivity contribution in [2.24, 2.45) is 4.99 Å². The van der Waals surface area contributed by atoms with E-state index in [1.54, 1.807) is 13.2 Å². The van der Waals surface area contributed by atoms with E-state index in [-0.39, 0.29) is 5.70 Å². The molecule has 0 bridgehead atoms. The van der Waals surface area contributed by atoms with Gasteiger partial charge in [0.25, 0.3) is 0 Å². The van der Waals surface area contributed by atoms with Gasteiger partial charge in [-0.05, 0) is 36.4 Å². The van der Waals surface area contributed by atoms with Gasteiger partial charge in [0.05, 0.1) is 13.7 Å². The molecule has 0 aliphatic carbocycles. The Morgan fingerprint density at radius 2 is 1.76 bits per heavy atom. The van der Waals surface area contributed by atoms with Crippen molar-refractivity contribution in [2.45, 2.75) is 6.54 Å². The van der Waals surface area contributed by atoms with Crippen LogP contribution in [0.25, 0.3) is 17.0 Å². The van der Waals surface area contributed by atoms with Crippen molar-refractivity contribution in [2.75, 3.05) is 13.7 Å². The predicted octanol–water partition coefficient (Wildman–Crippen LogP) is 5.07. The van der Waals surface area contributed by atoms with Gasteiger partial charge in [-0.25, -0.2) is 9.79 Å². The summed E-state index contributed by atoms with van der Waals surface area (Å²) in [6.07, 6.45) is 3.79. The maximum Gasteiger partial charge on any atom is 0.363 e. The van der Waals surface area contributed by atoms with Gasteiger partial charge >= 0.3 is 5.97 Å². The van der Waals surface area contributed by atoms with Crippen LogP contribution in [0.3, 0.4) is 0 Å². The maximum atomic E-state index is 12.4. The van der Waals surface area contributed by atoms with Gasteiger partial charge < -0.3 is 18.8 Å². The van der Waals surface area contributed by atoms with Crippen LogP contribution < -0.4 is 9.47 Å². The number of rotatable bonds is 7. The minimum absolute atomic E-state index is 0.282. The smallest absolute Gasteiger partial charge is 0.363 e. The second-order valence-corrected chi connectivity index (χ2v) is 7.52. The number of aromatic nitrogens is 1. The number of fused-ring (bicyclic) bond motifs is 1. The molecule has 33 heavy (non-hydrogen) atoms. The van der Waals surface area contributed by atoms with Crippen molar-refractivity contribution < 1.29 is 19.0 Å². The fourth-order valence-electron chi connectivity index (χ4n) is 3.79. The first-order valence-electron chi connectivity index (χ1n) is 10.6. The zero-order chi connectivity index (χ0) is 22.6. The minimum Gasteiger partial charge on any atom is -0.497 e. The Bertz CT molecular complexity index is 1370. The highest BCUT2D eigenvalue weighted by atomic mass is 16.6. The number of benzene rings is 3. The van der Waals surface area contributed by atoms with E-state index in [2.05, 4.69) is 15.6 Å². The predicted molar refractivity (Wildman–Crippen MR) is 127 cm³/mol. The summed E-state index contributed by atoms with van der Waals surface area (Å²) in [7, 11) is 1.63. The Kier molecular flexibility index (Phi) is 5.64. The maximum absolute atomic E-state index is 12.4. The number of aliphatic imine (C=N–C) groups is 1. The van der Waals surface area contributed by atoms with E-state index in [0.717, 1.165) is 33.5 Å². The minimum atomic E-state index is -0.452. The molecule has 1 aliphatic rings. The number of carbonyl (C=O) groups is 1. The summed E-state index contributed by atoms with van der Waals surface area (Å²) < 4.78 is 18.7. The van der Waals surface area contributed by atoms with Crippen molar-refractivity contribution in [1.82, 2.24) is 4.57 Å². The van der Waals surface area contributed by atoms with E-state index in [1.165, 1.54) is 0 Å². The second kappa shape index (κ2) is 9.04. The molecule has 5 rings (SSSR count). The normalized spacial score (nSPS) is 14.4. The number of hydrogen-bond acceptors (Lipinski definition) is 5. The summed E-state index contributed by atoms with van der Waals surface area (Å²) in [5.41, 5.74) is 3.00. The van der Waals surface area contributed by atoms with Crippen molar-refractivity contribution in [3.05, 3.63) is 102 Å². The van der Waals surface area contributed by atoms with Gasteiger partial charge in [0.1, 0.15) is 18.1 Å². The molecule has 0 unspecified atom stereocenters. The summed E-state index contributed by atoms with van der Waals surface area (Å²) in [4.78, 5) is 16.9. The van der Waals surface area contributed by atoms with E-state index < -0.39 is 5.97 Å². The number of esters is 1. The molecule has 2 heterocycles. The molecular weight excluding hydrogens is 416 g/mol. The van der Waals surface area contributed by atoms with E-state index in [9.17, 15) is 4.79 Å². The van der Waals surface area contributed by atoms with Crippen LogP contribution in [0.5, 0.6) is 11.5 Å². The number of cyclic esters (lactones) is 1. The van der Waals surface area contributed by atoms with E-state index in [4.69, 9.17) is 14.2 Å². The molecular formula is C27H22N2O4. The molecule has 0 spiro atoms. The molecule has 4 aromatic rings. The van der Waals surface area contributed by atoms with Crippen LogP contribution in [0, 0.1) is 0 Å². The Balaban J connectivity index is 1.39. The Hall–Kier alpha value is -4.32. The average Bonchev–Trinajstić information content (AvgIpc) is 3.40. The number of methoxy groups -OCH3 is 1. The van der Waals surface area contributed by atoms with Crippen molar-refractivity contribution in [1.29, 1.82) is 0 Å². The number of carbonyl (C=O) groups excluding carboxylic acids is 1. The Morgan fingerprint density at radius 1 is 0.970 bits per heavy atom. The monoisotopic (exact) mass is 438 g/mol. The summed E-state index contributed by atoms with van der Waals surface area (Å²) in [5, 5.41) is 1.03. The number of nitrogens with zero attached hydrogens (tertiary/aromatic N) is 2. The lowest BCUT2D eigenvalue weighted by atomic mass is 10.1. The molecule has 0 N–H and O–H groups in total. The lowest BCUT2D eigenvalue weighted by Crippen LogP contribution is -2.07. The molecule has 0 radical (unpaired) electrons. The number of para-hydroxylation sites is 1. The van der Waals surface area contributed by atoms with E-state index in [1.807, 2.05) is 79.0 Å². The van der Waals surface area contributed by atoms with Gasteiger partial charge in [-0.3, -0.25) is 0 Å². The largest absolute Gasteiger partial charge is 0.497 e. The number of hydrogen-bond donors (Lipinski definition) is 0. The molecule has 0 saturated heterocycles. The molecule has 3 aromatic carbocycles. The van der Waals surface area contributed by atoms with Crippen LogP contribution in [0.1, 0.15) is 11.1 Å². The zero-order valence-electron chi connectivity index (χ0n) is 18.1. The molecule has 1 aliphatic heterocycles. The Labute approximate surface area is 191 Å². The van der Waals surface area contributed by atoms with Crippen LogP contribution >= 0.6 is 0 Å². The molecule has 0 saturated carbocycles. The highest BCUT2D eigenvalue weighted by Crippen LogP contribution is 2.26. The standard InChI is InChI=1S/C27H22N2O4/c1-31-21-10-7-11-22(17-21)32-15-14-29-18-20(23-12-5-6-13-25(23)29)16-24-27(30)33-26(28-24)19-8-3-2-4-9-19/h2-13,16-18H,14-15H2,1H3/b24-16+. The third-order valence-electron chi connectivity index (χ3n) is 5.39. The average molecular weight is 438 g/mol. The first-order chi connectivity index (χ1) is 16.2. The number of ether oxygens (including phenoxy) is 3. The van der Waals surface area contributed by atoms with Crippen LogP contribution in [0.2, 0.25) is 0 Å². The second-order valence-electron chi connectivity index (χ2n) is 7.52. The van der Waals surface area contributed by atoms with E-state index in [0.29, 0.717) is 19.0 Å². The van der Waals surface area contributed by atoms with E-state index >= 15 is 0 Å². The third-order valence-corrected chi connectivity index (χ3v) is 5.39. The van der Waals surface area contributed by atoms with Gasteiger partial charge in [0, 0.05) is 34.3 Å². The van der Waals surface area contributed by atoms with Crippen LogP contribution in [-0.4, -0.2) is 30.2 Å². The van der Waals surface area contributed by atoms with Gasteiger partial charge in [0.15, 0.2) is 5.70 Å². The SMILES string of the molecule is COc1cccc(OCCn2cc(/C=C3/N=C(c4ccccc4)OC3=O)c3ccccc32)c1. The van der Waals surface area contributed by atoms with Crippen molar-refractivity contribution in [3.63, 3.8) is 0 Å². The van der Waals surface area contributed by atoms with Crippen molar-refractivity contribution >= 4 is 28.8 Å². The van der Waals surface area contributed by atoms with Crippen LogP contribution in [0.4, 0.5) is 0 Å². The fourth-order valence-corrected chi connectivity index (χ4v) is 3.79. The lowest BCUT2D eigenvalue weighted by molar-refractivity contribution is -0.129. The molecule has 1 aromatic heterocycles. The molecule has 6 heteroatoms. The first-order valence-corrected chi connectivity index (χ1v) is 10.6. The molecule has 0 fully saturated rings.